The molecule has 1 aromatic heterocycles. The maximum Gasteiger partial charge on any atom is 0.112 e. The van der Waals surface area contributed by atoms with Crippen molar-refractivity contribution in [2.75, 3.05) is 0 Å². The van der Waals surface area contributed by atoms with Crippen LogP contribution in [0.5, 0.6) is 0 Å². The highest BCUT2D eigenvalue weighted by Gasteiger charge is 1.99. The summed E-state index contributed by atoms with van der Waals surface area (Å²) in [5.74, 6) is 0. The van der Waals surface area contributed by atoms with Crippen molar-refractivity contribution in [2.45, 2.75) is 16.8 Å². The van der Waals surface area contributed by atoms with Crippen LogP contribution in [0, 0.1) is 13.0 Å². The fourth-order valence-electron chi connectivity index (χ4n) is 0.952. The fraction of sp³-hybridized carbons (Fsp3) is 0.100. The third-order valence-electron chi connectivity index (χ3n) is 1.50. The number of aromatic nitrogens is 1. The molecule has 1 nitrogen and oxygen atoms in total. The van der Waals surface area contributed by atoms with Crippen molar-refractivity contribution in [3.05, 3.63) is 40.7 Å². The minimum atomic E-state index is 1.07. The second-order valence-electron chi connectivity index (χ2n) is 2.55. The van der Waals surface area contributed by atoms with Crippen molar-refractivity contribution >= 4 is 23.1 Å². The van der Waals surface area contributed by atoms with E-state index >= 15 is 0 Å². The van der Waals surface area contributed by atoms with Crippen LogP contribution in [0.3, 0.4) is 0 Å². The zero-order valence-corrected chi connectivity index (χ0v) is 8.78. The Morgan fingerprint density at radius 2 is 2.46 bits per heavy atom. The SMILES string of the molecule is Cc1nc(Sc2c[c]ccc2)cs1. The van der Waals surface area contributed by atoms with Crippen LogP contribution in [0.25, 0.3) is 0 Å². The van der Waals surface area contributed by atoms with Crippen LogP contribution in [0.1, 0.15) is 5.01 Å². The van der Waals surface area contributed by atoms with E-state index in [1.807, 2.05) is 25.1 Å². The van der Waals surface area contributed by atoms with Crippen LogP contribution in [0.15, 0.2) is 39.6 Å². The quantitative estimate of drug-likeness (QED) is 0.747. The Hall–Kier alpha value is -0.800. The average Bonchev–Trinajstić information content (AvgIpc) is 2.53. The molecule has 2 aromatic rings. The van der Waals surface area contributed by atoms with E-state index in [4.69, 9.17) is 0 Å². The summed E-state index contributed by atoms with van der Waals surface area (Å²) in [4.78, 5) is 5.56. The molecule has 2 rings (SSSR count). The first-order valence-electron chi connectivity index (χ1n) is 3.91. The molecule has 1 heterocycles. The highest BCUT2D eigenvalue weighted by atomic mass is 32.2. The molecule has 0 aliphatic heterocycles. The van der Waals surface area contributed by atoms with Gasteiger partial charge in [-0.1, -0.05) is 23.9 Å². The molecular formula is C10H8NS2. The maximum absolute atomic E-state index is 4.37. The molecule has 0 aliphatic carbocycles. The largest absolute Gasteiger partial charge is 0.235 e. The normalized spacial score (nSPS) is 10.2. The molecule has 0 fully saturated rings. The molecule has 13 heavy (non-hydrogen) atoms. The van der Waals surface area contributed by atoms with Crippen molar-refractivity contribution in [3.8, 4) is 0 Å². The molecule has 0 aliphatic rings. The van der Waals surface area contributed by atoms with E-state index in [1.54, 1.807) is 23.1 Å². The van der Waals surface area contributed by atoms with Gasteiger partial charge in [0.25, 0.3) is 0 Å². The molecule has 0 bridgehead atoms. The van der Waals surface area contributed by atoms with Gasteiger partial charge in [0, 0.05) is 10.3 Å². The van der Waals surface area contributed by atoms with Crippen LogP contribution < -0.4 is 0 Å². The van der Waals surface area contributed by atoms with Crippen molar-refractivity contribution in [1.29, 1.82) is 0 Å². The number of nitrogens with zero attached hydrogens (tertiary/aromatic N) is 1. The molecule has 0 spiro atoms. The Labute approximate surface area is 85.8 Å². The summed E-state index contributed by atoms with van der Waals surface area (Å²) in [5.41, 5.74) is 0. The first-order valence-corrected chi connectivity index (χ1v) is 5.60. The summed E-state index contributed by atoms with van der Waals surface area (Å²) in [5, 5.41) is 4.26. The molecule has 0 saturated heterocycles. The summed E-state index contributed by atoms with van der Waals surface area (Å²) < 4.78 is 0. The number of thiazole rings is 1. The first-order chi connectivity index (χ1) is 6.34. The van der Waals surface area contributed by atoms with E-state index in [2.05, 4.69) is 22.5 Å². The van der Waals surface area contributed by atoms with Gasteiger partial charge in [-0.15, -0.1) is 11.3 Å². The van der Waals surface area contributed by atoms with Crippen LogP contribution >= 0.6 is 23.1 Å². The van der Waals surface area contributed by atoms with E-state index < -0.39 is 0 Å². The zero-order chi connectivity index (χ0) is 9.10. The number of hydrogen-bond donors (Lipinski definition) is 0. The number of rotatable bonds is 2. The van der Waals surface area contributed by atoms with E-state index in [1.165, 1.54) is 4.90 Å². The van der Waals surface area contributed by atoms with Crippen LogP contribution in [-0.4, -0.2) is 4.98 Å². The van der Waals surface area contributed by atoms with Crippen molar-refractivity contribution in [2.24, 2.45) is 0 Å². The lowest BCUT2D eigenvalue weighted by Crippen LogP contribution is -1.72. The van der Waals surface area contributed by atoms with Crippen molar-refractivity contribution in [1.82, 2.24) is 4.98 Å². The second-order valence-corrected chi connectivity index (χ2v) is 4.70. The van der Waals surface area contributed by atoms with Gasteiger partial charge in [0.05, 0.1) is 5.01 Å². The summed E-state index contributed by atoms with van der Waals surface area (Å²) in [6.45, 7) is 2.02. The smallest absolute Gasteiger partial charge is 0.112 e. The average molecular weight is 206 g/mol. The van der Waals surface area contributed by atoms with E-state index in [-0.39, 0.29) is 0 Å². The van der Waals surface area contributed by atoms with Crippen molar-refractivity contribution < 1.29 is 0 Å². The van der Waals surface area contributed by atoms with Gasteiger partial charge < -0.3 is 0 Å². The van der Waals surface area contributed by atoms with Gasteiger partial charge in [-0.3, -0.25) is 0 Å². The molecule has 3 heteroatoms. The van der Waals surface area contributed by atoms with E-state index in [0.717, 1.165) is 10.0 Å². The van der Waals surface area contributed by atoms with Crippen LogP contribution in [0.2, 0.25) is 0 Å². The highest BCUT2D eigenvalue weighted by molar-refractivity contribution is 7.99. The lowest BCUT2D eigenvalue weighted by Gasteiger charge is -1.94. The minimum absolute atomic E-state index is 1.07. The predicted octanol–water partition coefficient (Wildman–Crippen LogP) is 3.40. The molecule has 0 saturated carbocycles. The minimum Gasteiger partial charge on any atom is -0.235 e. The Morgan fingerprint density at radius 1 is 1.54 bits per heavy atom. The molecule has 65 valence electrons. The number of benzene rings is 1. The Balaban J connectivity index is 2.15. The van der Waals surface area contributed by atoms with Gasteiger partial charge in [0.15, 0.2) is 0 Å². The van der Waals surface area contributed by atoms with Gasteiger partial charge in [-0.25, -0.2) is 4.98 Å². The summed E-state index contributed by atoms with van der Waals surface area (Å²) in [7, 11) is 0. The zero-order valence-electron chi connectivity index (χ0n) is 7.15. The lowest BCUT2D eigenvalue weighted by atomic mass is 10.4. The molecule has 0 unspecified atom stereocenters. The summed E-state index contributed by atoms with van der Waals surface area (Å²) in [6, 6.07) is 11.0. The summed E-state index contributed by atoms with van der Waals surface area (Å²) >= 11 is 3.36. The maximum atomic E-state index is 4.37. The number of hydrogen-bond acceptors (Lipinski definition) is 3. The Bertz CT molecular complexity index is 381. The third-order valence-corrected chi connectivity index (χ3v) is 3.33. The molecule has 0 atom stereocenters. The van der Waals surface area contributed by atoms with Crippen LogP contribution in [-0.2, 0) is 0 Å². The van der Waals surface area contributed by atoms with E-state index in [9.17, 15) is 0 Å². The first kappa shape index (κ1) is 8.78. The standard InChI is InChI=1S/C10H8NS2/c1-8-11-10(7-12-8)13-9-5-3-2-4-6-9/h2-3,5-7H,1H3. The third kappa shape index (κ3) is 2.32. The van der Waals surface area contributed by atoms with Crippen LogP contribution in [0.4, 0.5) is 0 Å². The van der Waals surface area contributed by atoms with Crippen molar-refractivity contribution in [3.63, 3.8) is 0 Å². The second kappa shape index (κ2) is 3.94. The van der Waals surface area contributed by atoms with Gasteiger partial charge in [0.1, 0.15) is 5.03 Å². The number of aryl methyl sites for hydroxylation is 1. The molecule has 0 amide bonds. The topological polar surface area (TPSA) is 12.9 Å². The Kier molecular flexibility index (Phi) is 2.66. The predicted molar refractivity (Wildman–Crippen MR) is 56.3 cm³/mol. The Morgan fingerprint density at radius 3 is 3.08 bits per heavy atom. The van der Waals surface area contributed by atoms with Gasteiger partial charge >= 0.3 is 0 Å². The lowest BCUT2D eigenvalue weighted by molar-refractivity contribution is 1.14. The molecule has 1 radical (unpaired) electrons. The van der Waals surface area contributed by atoms with Gasteiger partial charge in [-0.05, 0) is 25.1 Å². The fourth-order valence-corrected chi connectivity index (χ4v) is 2.52. The van der Waals surface area contributed by atoms with Gasteiger partial charge in [0.2, 0.25) is 0 Å². The highest BCUT2D eigenvalue weighted by Crippen LogP contribution is 2.27. The van der Waals surface area contributed by atoms with E-state index in [0.29, 0.717) is 0 Å². The molecule has 0 N–H and O–H groups in total. The monoisotopic (exact) mass is 206 g/mol. The van der Waals surface area contributed by atoms with Gasteiger partial charge in [-0.2, -0.15) is 0 Å². The molecule has 1 aromatic carbocycles. The molecular weight excluding hydrogens is 198 g/mol. The summed E-state index contributed by atoms with van der Waals surface area (Å²) in [6.07, 6.45) is 0.